The Balaban J connectivity index is 1.54. The van der Waals surface area contributed by atoms with Crippen LogP contribution in [0.3, 0.4) is 0 Å². The van der Waals surface area contributed by atoms with Gasteiger partial charge in [0.05, 0.1) is 18.0 Å². The molecular weight excluding hydrogens is 440 g/mol. The van der Waals surface area contributed by atoms with E-state index in [-0.39, 0.29) is 18.8 Å². The number of aromatic nitrogens is 3. The summed E-state index contributed by atoms with van der Waals surface area (Å²) in [5.74, 6) is 0.679. The predicted molar refractivity (Wildman–Crippen MR) is 137 cm³/mol. The van der Waals surface area contributed by atoms with Crippen molar-refractivity contribution in [2.75, 3.05) is 25.0 Å². The first-order valence-corrected chi connectivity index (χ1v) is 12.0. The van der Waals surface area contributed by atoms with Crippen molar-refractivity contribution in [2.24, 2.45) is 5.73 Å². The fourth-order valence-electron chi connectivity index (χ4n) is 4.45. The molecule has 180 valence electrons. The Labute approximate surface area is 204 Å². The maximum atomic E-state index is 11.5. The molecule has 0 bridgehead atoms. The van der Waals surface area contributed by atoms with Crippen LogP contribution in [0.25, 0.3) is 22.4 Å². The smallest absolute Gasteiger partial charge is 0.236 e. The van der Waals surface area contributed by atoms with E-state index in [4.69, 9.17) is 20.4 Å². The Bertz CT molecular complexity index is 1270. The average molecular weight is 471 g/mol. The number of hydrogen-bond acceptors (Lipinski definition) is 6. The van der Waals surface area contributed by atoms with Crippen molar-refractivity contribution in [3.05, 3.63) is 78.0 Å². The molecule has 1 saturated heterocycles. The quantitative estimate of drug-likeness (QED) is 0.297. The summed E-state index contributed by atoms with van der Waals surface area (Å²) in [5, 5.41) is 7.28. The maximum absolute atomic E-state index is 11.5. The van der Waals surface area contributed by atoms with E-state index in [2.05, 4.69) is 27.8 Å². The number of anilines is 1. The summed E-state index contributed by atoms with van der Waals surface area (Å²) in [6.45, 7) is 1.91. The largest absolute Gasteiger partial charge is 0.368 e. The molecule has 0 radical (unpaired) electrons. The van der Waals surface area contributed by atoms with Gasteiger partial charge in [0.15, 0.2) is 5.82 Å². The number of hydrogen-bond donors (Lipinski definition) is 4. The SMILES string of the molecule is NC(=O)CNc1nc(-c2ccccc2)nc2[nH]c(C(Cc3ccccc3)OC3CCNCC3)cc12. The topological polar surface area (TPSA) is 118 Å². The van der Waals surface area contributed by atoms with Crippen LogP contribution in [0.5, 0.6) is 0 Å². The fourth-order valence-corrected chi connectivity index (χ4v) is 4.45. The van der Waals surface area contributed by atoms with Crippen LogP contribution in [-0.4, -0.2) is 46.6 Å². The van der Waals surface area contributed by atoms with E-state index in [1.807, 2.05) is 54.6 Å². The molecule has 8 nitrogen and oxygen atoms in total. The highest BCUT2D eigenvalue weighted by molar-refractivity contribution is 5.91. The van der Waals surface area contributed by atoms with E-state index in [0.717, 1.165) is 49.0 Å². The van der Waals surface area contributed by atoms with E-state index in [0.29, 0.717) is 17.3 Å². The van der Waals surface area contributed by atoms with Crippen LogP contribution in [0.2, 0.25) is 0 Å². The molecule has 0 aliphatic carbocycles. The van der Waals surface area contributed by atoms with Crippen molar-refractivity contribution in [2.45, 2.75) is 31.5 Å². The molecule has 2 aromatic heterocycles. The molecule has 0 spiro atoms. The van der Waals surface area contributed by atoms with Crippen LogP contribution in [0.1, 0.15) is 30.2 Å². The zero-order valence-corrected chi connectivity index (χ0v) is 19.5. The zero-order valence-electron chi connectivity index (χ0n) is 19.5. The van der Waals surface area contributed by atoms with Crippen molar-refractivity contribution < 1.29 is 9.53 Å². The van der Waals surface area contributed by atoms with Crippen LogP contribution in [0.15, 0.2) is 66.7 Å². The first-order valence-electron chi connectivity index (χ1n) is 12.0. The number of fused-ring (bicyclic) bond motifs is 1. The number of H-pyrrole nitrogens is 1. The summed E-state index contributed by atoms with van der Waals surface area (Å²) >= 11 is 0. The average Bonchev–Trinajstić information content (AvgIpc) is 3.33. The van der Waals surface area contributed by atoms with Crippen LogP contribution >= 0.6 is 0 Å². The van der Waals surface area contributed by atoms with Gasteiger partial charge in [-0.25, -0.2) is 9.97 Å². The van der Waals surface area contributed by atoms with Crippen LogP contribution in [0.4, 0.5) is 5.82 Å². The van der Waals surface area contributed by atoms with Crippen molar-refractivity contribution in [3.63, 3.8) is 0 Å². The van der Waals surface area contributed by atoms with Crippen molar-refractivity contribution in [1.82, 2.24) is 20.3 Å². The number of rotatable bonds is 9. The fraction of sp³-hybridized carbons (Fsp3) is 0.296. The van der Waals surface area contributed by atoms with Gasteiger partial charge in [-0.3, -0.25) is 4.79 Å². The Kier molecular flexibility index (Phi) is 7.02. The third kappa shape index (κ3) is 5.67. The van der Waals surface area contributed by atoms with Gasteiger partial charge in [0.25, 0.3) is 0 Å². The first-order chi connectivity index (χ1) is 17.2. The minimum absolute atomic E-state index is 0.0140. The second-order valence-electron chi connectivity index (χ2n) is 8.83. The summed E-state index contributed by atoms with van der Waals surface area (Å²) in [6.07, 6.45) is 2.72. The molecule has 1 amide bonds. The van der Waals surface area contributed by atoms with E-state index in [1.165, 1.54) is 5.56 Å². The number of carbonyl (C=O) groups is 1. The number of primary amides is 1. The van der Waals surface area contributed by atoms with Gasteiger partial charge in [-0.2, -0.15) is 0 Å². The van der Waals surface area contributed by atoms with Gasteiger partial charge < -0.3 is 26.1 Å². The van der Waals surface area contributed by atoms with E-state index < -0.39 is 5.91 Å². The van der Waals surface area contributed by atoms with E-state index in [1.54, 1.807) is 0 Å². The second kappa shape index (κ2) is 10.7. The molecule has 2 aromatic carbocycles. The summed E-state index contributed by atoms with van der Waals surface area (Å²) in [6, 6.07) is 22.1. The lowest BCUT2D eigenvalue weighted by atomic mass is 10.0. The monoisotopic (exact) mass is 470 g/mol. The molecule has 4 aromatic rings. The number of nitrogens with zero attached hydrogens (tertiary/aromatic N) is 2. The lowest BCUT2D eigenvalue weighted by molar-refractivity contribution is -0.116. The first kappa shape index (κ1) is 23.0. The number of carbonyl (C=O) groups excluding carboxylic acids is 1. The predicted octanol–water partition coefficient (Wildman–Crippen LogP) is 3.57. The number of benzene rings is 2. The number of ether oxygens (including phenoxy) is 1. The maximum Gasteiger partial charge on any atom is 0.236 e. The highest BCUT2D eigenvalue weighted by Gasteiger charge is 2.24. The molecule has 1 fully saturated rings. The second-order valence-corrected chi connectivity index (χ2v) is 8.83. The van der Waals surface area contributed by atoms with Crippen LogP contribution in [0, 0.1) is 0 Å². The number of amides is 1. The van der Waals surface area contributed by atoms with Gasteiger partial charge in [-0.05, 0) is 37.6 Å². The van der Waals surface area contributed by atoms with E-state index >= 15 is 0 Å². The molecule has 5 rings (SSSR count). The number of nitrogens with two attached hydrogens (primary N) is 1. The summed E-state index contributed by atoms with van der Waals surface area (Å²) in [7, 11) is 0. The highest BCUT2D eigenvalue weighted by Crippen LogP contribution is 2.31. The third-order valence-corrected chi connectivity index (χ3v) is 6.22. The Morgan fingerprint density at radius 3 is 2.49 bits per heavy atom. The lowest BCUT2D eigenvalue weighted by Crippen LogP contribution is -2.33. The van der Waals surface area contributed by atoms with Crippen molar-refractivity contribution >= 4 is 22.8 Å². The van der Waals surface area contributed by atoms with E-state index in [9.17, 15) is 4.79 Å². The van der Waals surface area contributed by atoms with Crippen molar-refractivity contribution in [3.8, 4) is 11.4 Å². The number of nitrogens with one attached hydrogen (secondary N) is 3. The summed E-state index contributed by atoms with van der Waals surface area (Å²) in [5.41, 5.74) is 9.11. The zero-order chi connectivity index (χ0) is 24.0. The molecule has 1 unspecified atom stereocenters. The minimum atomic E-state index is -0.454. The molecule has 0 saturated carbocycles. The molecule has 1 atom stereocenters. The van der Waals surface area contributed by atoms with Gasteiger partial charge in [0.2, 0.25) is 5.91 Å². The van der Waals surface area contributed by atoms with Gasteiger partial charge >= 0.3 is 0 Å². The minimum Gasteiger partial charge on any atom is -0.368 e. The molecule has 3 heterocycles. The normalized spacial score (nSPS) is 15.2. The molecule has 1 aliphatic heterocycles. The summed E-state index contributed by atoms with van der Waals surface area (Å²) < 4.78 is 6.65. The highest BCUT2D eigenvalue weighted by atomic mass is 16.5. The Hall–Kier alpha value is -3.75. The Morgan fingerprint density at radius 2 is 1.77 bits per heavy atom. The van der Waals surface area contributed by atoms with Crippen LogP contribution in [-0.2, 0) is 16.0 Å². The lowest BCUT2D eigenvalue weighted by Gasteiger charge is -2.28. The molecule has 35 heavy (non-hydrogen) atoms. The van der Waals surface area contributed by atoms with Gasteiger partial charge in [-0.15, -0.1) is 0 Å². The molecule has 5 N–H and O–H groups in total. The third-order valence-electron chi connectivity index (χ3n) is 6.22. The Morgan fingerprint density at radius 1 is 1.06 bits per heavy atom. The van der Waals surface area contributed by atoms with Crippen LogP contribution < -0.4 is 16.4 Å². The number of aromatic amines is 1. The molecular formula is C27H30N6O2. The summed E-state index contributed by atoms with van der Waals surface area (Å²) in [4.78, 5) is 24.5. The number of piperidine rings is 1. The van der Waals surface area contributed by atoms with Gasteiger partial charge in [0.1, 0.15) is 17.6 Å². The molecule has 1 aliphatic rings. The standard InChI is InChI=1S/C27H30N6O2/c28-24(34)17-30-26-21-16-22(31-27(21)33-25(32-26)19-9-5-2-6-10-19)23(15-18-7-3-1-4-8-18)35-20-11-13-29-14-12-20/h1-10,16,20,23,29H,11-15,17H2,(H2,28,34)(H2,30,31,32,33). The van der Waals surface area contributed by atoms with Crippen molar-refractivity contribution in [1.29, 1.82) is 0 Å². The van der Waals surface area contributed by atoms with Gasteiger partial charge in [0, 0.05) is 17.7 Å². The molecule has 8 heteroatoms. The van der Waals surface area contributed by atoms with Gasteiger partial charge in [-0.1, -0.05) is 60.7 Å².